The van der Waals surface area contributed by atoms with Crippen LogP contribution in [-0.2, 0) is 6.42 Å². The van der Waals surface area contributed by atoms with Gasteiger partial charge in [0.25, 0.3) is 0 Å². The first-order valence-electron chi connectivity index (χ1n) is 10.7. The van der Waals surface area contributed by atoms with Crippen molar-refractivity contribution in [1.29, 1.82) is 0 Å². The standard InChI is InChI=1S/C25H24F3N3O3/c1-15-12-20-21(13-24(2,3)14-22(20)32)31(15)18-8-4-16(5-9-18)29-23(33)30-17-6-10-19(11-7-17)34-25(26,27)28/h4-12H,13-14H2,1-3H3,(H2,29,30,33). The minimum atomic E-state index is -4.78. The van der Waals surface area contributed by atoms with Crippen molar-refractivity contribution in [3.05, 3.63) is 71.5 Å². The van der Waals surface area contributed by atoms with Crippen LogP contribution in [0, 0.1) is 12.3 Å². The van der Waals surface area contributed by atoms with Gasteiger partial charge in [0.1, 0.15) is 5.75 Å². The quantitative estimate of drug-likeness (QED) is 0.457. The summed E-state index contributed by atoms with van der Waals surface area (Å²) in [6.45, 7) is 6.13. The van der Waals surface area contributed by atoms with Crippen LogP contribution >= 0.6 is 0 Å². The fourth-order valence-corrected chi connectivity index (χ4v) is 4.24. The van der Waals surface area contributed by atoms with Crippen LogP contribution < -0.4 is 15.4 Å². The number of hydrogen-bond donors (Lipinski definition) is 2. The molecule has 1 heterocycles. The Bertz CT molecular complexity index is 1230. The second kappa shape index (κ2) is 8.55. The van der Waals surface area contributed by atoms with Gasteiger partial charge >= 0.3 is 12.4 Å². The van der Waals surface area contributed by atoms with Gasteiger partial charge < -0.3 is 19.9 Å². The third-order valence-corrected chi connectivity index (χ3v) is 5.60. The first-order valence-corrected chi connectivity index (χ1v) is 10.7. The van der Waals surface area contributed by atoms with E-state index >= 15 is 0 Å². The smallest absolute Gasteiger partial charge is 0.406 e. The second-order valence-electron chi connectivity index (χ2n) is 9.12. The number of amides is 2. The summed E-state index contributed by atoms with van der Waals surface area (Å²) in [6, 6.07) is 13.4. The Morgan fingerprint density at radius 2 is 1.53 bits per heavy atom. The lowest BCUT2D eigenvalue weighted by Gasteiger charge is -2.30. The molecule has 6 nitrogen and oxygen atoms in total. The third kappa shape index (κ3) is 5.24. The normalized spacial score (nSPS) is 14.9. The van der Waals surface area contributed by atoms with Gasteiger partial charge in [-0.25, -0.2) is 4.79 Å². The van der Waals surface area contributed by atoms with Crippen LogP contribution in [0.5, 0.6) is 5.75 Å². The zero-order chi connectivity index (χ0) is 24.7. The zero-order valence-electron chi connectivity index (χ0n) is 18.9. The maximum atomic E-state index is 12.6. The van der Waals surface area contributed by atoms with Gasteiger partial charge in [0, 0.05) is 40.4 Å². The fourth-order valence-electron chi connectivity index (χ4n) is 4.24. The molecule has 1 aromatic heterocycles. The molecule has 0 atom stereocenters. The number of nitrogens with zero attached hydrogens (tertiary/aromatic N) is 1. The van der Waals surface area contributed by atoms with E-state index in [4.69, 9.17) is 0 Å². The molecule has 2 amide bonds. The van der Waals surface area contributed by atoms with E-state index in [2.05, 4.69) is 33.8 Å². The number of urea groups is 1. The minimum Gasteiger partial charge on any atom is -0.406 e. The van der Waals surface area contributed by atoms with Gasteiger partial charge in [-0.15, -0.1) is 13.2 Å². The number of hydrogen-bond acceptors (Lipinski definition) is 3. The molecule has 0 fully saturated rings. The molecule has 4 rings (SSSR count). The molecular weight excluding hydrogens is 447 g/mol. The molecular formula is C25H24F3N3O3. The lowest BCUT2D eigenvalue weighted by Crippen LogP contribution is -2.27. The number of Topliss-reactive ketones (excluding diaryl/α,β-unsaturated/α-hetero) is 1. The van der Waals surface area contributed by atoms with Gasteiger partial charge in [-0.3, -0.25) is 4.79 Å². The van der Waals surface area contributed by atoms with Gasteiger partial charge in [-0.2, -0.15) is 0 Å². The van der Waals surface area contributed by atoms with E-state index in [1.165, 1.54) is 12.1 Å². The van der Waals surface area contributed by atoms with E-state index in [1.54, 1.807) is 12.1 Å². The highest BCUT2D eigenvalue weighted by Gasteiger charge is 2.34. The first-order chi connectivity index (χ1) is 15.9. The van der Waals surface area contributed by atoms with E-state index in [1.807, 2.05) is 25.1 Å². The van der Waals surface area contributed by atoms with Crippen LogP contribution in [0.2, 0.25) is 0 Å². The average molecular weight is 471 g/mol. The maximum Gasteiger partial charge on any atom is 0.573 e. The number of carbonyl (C=O) groups excluding carboxylic acids is 2. The van der Waals surface area contributed by atoms with E-state index in [0.29, 0.717) is 17.8 Å². The topological polar surface area (TPSA) is 72.4 Å². The summed E-state index contributed by atoms with van der Waals surface area (Å²) in [5, 5.41) is 5.25. The van der Waals surface area contributed by atoms with Crippen LogP contribution in [0.15, 0.2) is 54.6 Å². The fraction of sp³-hybridized carbons (Fsp3) is 0.280. The molecule has 3 aromatic rings. The summed E-state index contributed by atoms with van der Waals surface area (Å²) >= 11 is 0. The Hall–Kier alpha value is -3.75. The summed E-state index contributed by atoms with van der Waals surface area (Å²) in [4.78, 5) is 24.9. The molecule has 9 heteroatoms. The van der Waals surface area contributed by atoms with E-state index < -0.39 is 12.4 Å². The van der Waals surface area contributed by atoms with Crippen LogP contribution in [0.1, 0.15) is 42.0 Å². The Morgan fingerprint density at radius 3 is 2.09 bits per heavy atom. The molecule has 178 valence electrons. The highest BCUT2D eigenvalue weighted by molar-refractivity contribution is 6.00. The SMILES string of the molecule is Cc1cc2c(n1-c1ccc(NC(=O)Nc3ccc(OC(F)(F)F)cc3)cc1)CC(C)(C)CC2=O. The maximum absolute atomic E-state index is 12.6. The van der Waals surface area contributed by atoms with Crippen molar-refractivity contribution in [3.63, 3.8) is 0 Å². The number of alkyl halides is 3. The lowest BCUT2D eigenvalue weighted by molar-refractivity contribution is -0.274. The van der Waals surface area contributed by atoms with Crippen molar-refractivity contribution in [1.82, 2.24) is 4.57 Å². The number of fused-ring (bicyclic) bond motifs is 1. The summed E-state index contributed by atoms with van der Waals surface area (Å²) < 4.78 is 42.6. The summed E-state index contributed by atoms with van der Waals surface area (Å²) in [7, 11) is 0. The first kappa shape index (κ1) is 23.4. The molecule has 1 aliphatic rings. The second-order valence-corrected chi connectivity index (χ2v) is 9.12. The van der Waals surface area contributed by atoms with Crippen molar-refractivity contribution in [2.75, 3.05) is 10.6 Å². The van der Waals surface area contributed by atoms with Gasteiger partial charge in [0.2, 0.25) is 0 Å². The molecule has 0 saturated carbocycles. The zero-order valence-corrected chi connectivity index (χ0v) is 18.9. The van der Waals surface area contributed by atoms with Crippen molar-refractivity contribution >= 4 is 23.2 Å². The molecule has 34 heavy (non-hydrogen) atoms. The van der Waals surface area contributed by atoms with Crippen molar-refractivity contribution in [2.45, 2.75) is 40.0 Å². The molecule has 0 spiro atoms. The minimum absolute atomic E-state index is 0.108. The van der Waals surface area contributed by atoms with Gasteiger partial charge in [0.15, 0.2) is 5.78 Å². The number of anilines is 2. The van der Waals surface area contributed by atoms with E-state index in [9.17, 15) is 22.8 Å². The van der Waals surface area contributed by atoms with Crippen LogP contribution in [0.4, 0.5) is 29.3 Å². The van der Waals surface area contributed by atoms with Crippen LogP contribution in [0.25, 0.3) is 5.69 Å². The number of aromatic nitrogens is 1. The Morgan fingerprint density at radius 1 is 0.971 bits per heavy atom. The van der Waals surface area contributed by atoms with E-state index in [0.717, 1.165) is 41.2 Å². The number of ether oxygens (including phenoxy) is 1. The van der Waals surface area contributed by atoms with Crippen LogP contribution in [-0.4, -0.2) is 22.7 Å². The number of rotatable bonds is 4. The number of benzene rings is 2. The molecule has 0 radical (unpaired) electrons. The molecule has 1 aliphatic carbocycles. The van der Waals surface area contributed by atoms with E-state index in [-0.39, 0.29) is 16.9 Å². The van der Waals surface area contributed by atoms with Crippen molar-refractivity contribution in [2.24, 2.45) is 5.41 Å². The highest BCUT2D eigenvalue weighted by atomic mass is 19.4. The highest BCUT2D eigenvalue weighted by Crippen LogP contribution is 2.37. The summed E-state index contributed by atoms with van der Waals surface area (Å²) in [5.41, 5.74) is 4.35. The number of nitrogens with one attached hydrogen (secondary N) is 2. The molecule has 0 unspecified atom stereocenters. The average Bonchev–Trinajstić information content (AvgIpc) is 3.04. The Balaban J connectivity index is 1.44. The third-order valence-electron chi connectivity index (χ3n) is 5.60. The summed E-state index contributed by atoms with van der Waals surface area (Å²) in [5.74, 6) is -0.220. The van der Waals surface area contributed by atoms with Crippen molar-refractivity contribution in [3.8, 4) is 11.4 Å². The van der Waals surface area contributed by atoms with Crippen molar-refractivity contribution < 1.29 is 27.5 Å². The van der Waals surface area contributed by atoms with Gasteiger partial charge in [-0.05, 0) is 73.4 Å². The number of carbonyl (C=O) groups is 2. The lowest BCUT2D eigenvalue weighted by atomic mass is 9.76. The molecule has 0 bridgehead atoms. The Labute approximate surface area is 194 Å². The molecule has 0 aliphatic heterocycles. The monoisotopic (exact) mass is 471 g/mol. The number of halogens is 3. The van der Waals surface area contributed by atoms with Gasteiger partial charge in [-0.1, -0.05) is 13.8 Å². The van der Waals surface area contributed by atoms with Crippen LogP contribution in [0.3, 0.4) is 0 Å². The molecule has 2 aromatic carbocycles. The number of aryl methyl sites for hydroxylation is 1. The predicted octanol–water partition coefficient (Wildman–Crippen LogP) is 6.48. The van der Waals surface area contributed by atoms with Gasteiger partial charge in [0.05, 0.1) is 0 Å². The number of ketones is 1. The summed E-state index contributed by atoms with van der Waals surface area (Å²) in [6.07, 6.45) is -3.46. The predicted molar refractivity (Wildman–Crippen MR) is 123 cm³/mol. The molecule has 2 N–H and O–H groups in total. The molecule has 0 saturated heterocycles. The largest absolute Gasteiger partial charge is 0.573 e. The Kier molecular flexibility index (Phi) is 5.89.